The summed E-state index contributed by atoms with van der Waals surface area (Å²) in [5.41, 5.74) is 0.400. The number of hydrogen-bond donors (Lipinski definition) is 2. The van der Waals surface area contributed by atoms with Crippen molar-refractivity contribution in [3.05, 3.63) is 27.3 Å². The van der Waals surface area contributed by atoms with Crippen LogP contribution in [0.1, 0.15) is 17.3 Å². The van der Waals surface area contributed by atoms with Crippen molar-refractivity contribution >= 4 is 39.3 Å². The molecule has 2 unspecified atom stereocenters. The summed E-state index contributed by atoms with van der Waals surface area (Å²) < 4.78 is 11.7. The Kier molecular flexibility index (Phi) is 5.38. The first kappa shape index (κ1) is 14.4. The number of benzene rings is 1. The molecule has 0 aliphatic carbocycles. The summed E-state index contributed by atoms with van der Waals surface area (Å²) in [6, 6.07) is 4.59. The second-order valence-electron chi connectivity index (χ2n) is 3.78. The van der Waals surface area contributed by atoms with Crippen molar-refractivity contribution < 1.29 is 14.1 Å². The molecule has 4 nitrogen and oxygen atoms in total. The minimum atomic E-state index is -0.942. The summed E-state index contributed by atoms with van der Waals surface area (Å²) >= 11 is 1.98. The molecule has 0 radical (unpaired) electrons. The van der Waals surface area contributed by atoms with Crippen molar-refractivity contribution in [2.24, 2.45) is 0 Å². The fraction of sp³-hybridized carbons (Fsp3) is 0.364. The number of carbonyl (C=O) groups excluding carboxylic acids is 1. The van der Waals surface area contributed by atoms with E-state index in [4.69, 9.17) is 0 Å². The Morgan fingerprint density at radius 2 is 2.24 bits per heavy atom. The highest BCUT2D eigenvalue weighted by Crippen LogP contribution is 2.20. The van der Waals surface area contributed by atoms with Gasteiger partial charge in [-0.05, 0) is 47.7 Å². The Morgan fingerprint density at radius 3 is 2.76 bits per heavy atom. The molecule has 0 aliphatic rings. The van der Waals surface area contributed by atoms with Gasteiger partial charge in [-0.1, -0.05) is 0 Å². The minimum Gasteiger partial charge on any atom is -0.507 e. The third-order valence-electron chi connectivity index (χ3n) is 2.07. The smallest absolute Gasteiger partial charge is 0.251 e. The Hall–Kier alpha value is -0.630. The molecule has 0 aromatic heterocycles. The van der Waals surface area contributed by atoms with Crippen molar-refractivity contribution in [3.63, 3.8) is 0 Å². The monoisotopic (exact) mass is 367 g/mol. The summed E-state index contributed by atoms with van der Waals surface area (Å²) in [6.45, 7) is 1.80. The largest absolute Gasteiger partial charge is 0.507 e. The SMILES string of the molecule is CC(CS(C)=O)NC(=O)c1ccc(I)c(O)c1. The lowest BCUT2D eigenvalue weighted by molar-refractivity contribution is 0.0943. The normalized spacial score (nSPS) is 14.1. The van der Waals surface area contributed by atoms with Gasteiger partial charge in [0.15, 0.2) is 0 Å². The van der Waals surface area contributed by atoms with E-state index < -0.39 is 10.8 Å². The molecule has 1 aromatic carbocycles. The molecule has 1 aromatic rings. The molecule has 2 N–H and O–H groups in total. The lowest BCUT2D eigenvalue weighted by Crippen LogP contribution is -2.36. The van der Waals surface area contributed by atoms with E-state index in [2.05, 4.69) is 5.32 Å². The third-order valence-corrected chi connectivity index (χ3v) is 3.95. The van der Waals surface area contributed by atoms with Crippen molar-refractivity contribution in [2.45, 2.75) is 13.0 Å². The van der Waals surface area contributed by atoms with Crippen LogP contribution in [-0.4, -0.2) is 33.3 Å². The van der Waals surface area contributed by atoms with Gasteiger partial charge in [-0.3, -0.25) is 9.00 Å². The molecule has 0 saturated heterocycles. The second-order valence-corrected chi connectivity index (χ2v) is 6.42. The molecule has 1 amide bonds. The van der Waals surface area contributed by atoms with Crippen LogP contribution in [0.25, 0.3) is 0 Å². The average molecular weight is 367 g/mol. The van der Waals surface area contributed by atoms with E-state index in [0.717, 1.165) is 0 Å². The minimum absolute atomic E-state index is 0.0879. The number of hydrogen-bond acceptors (Lipinski definition) is 3. The van der Waals surface area contributed by atoms with Gasteiger partial charge in [-0.15, -0.1) is 0 Å². The number of phenolic OH excluding ortho intramolecular Hbond substituents is 1. The highest BCUT2D eigenvalue weighted by molar-refractivity contribution is 14.1. The molecular formula is C11H14INO3S. The molecule has 0 heterocycles. The zero-order valence-electron chi connectivity index (χ0n) is 9.57. The molecule has 0 saturated carbocycles. The van der Waals surface area contributed by atoms with Crippen molar-refractivity contribution in [3.8, 4) is 5.75 Å². The maximum absolute atomic E-state index is 11.8. The number of halogens is 1. The fourth-order valence-electron chi connectivity index (χ4n) is 1.35. The molecule has 6 heteroatoms. The molecule has 0 fully saturated rings. The van der Waals surface area contributed by atoms with Gasteiger partial charge in [0.25, 0.3) is 5.91 Å². The van der Waals surface area contributed by atoms with Gasteiger partial charge < -0.3 is 10.4 Å². The maximum Gasteiger partial charge on any atom is 0.251 e. The van der Waals surface area contributed by atoms with Crippen LogP contribution < -0.4 is 5.32 Å². The second kappa shape index (κ2) is 6.34. The number of carbonyl (C=O) groups is 1. The molecule has 17 heavy (non-hydrogen) atoms. The Bertz CT molecular complexity index is 450. The summed E-state index contributed by atoms with van der Waals surface area (Å²) in [6.07, 6.45) is 1.60. The summed E-state index contributed by atoms with van der Waals surface area (Å²) in [7, 11) is -0.942. The summed E-state index contributed by atoms with van der Waals surface area (Å²) in [4.78, 5) is 11.8. The Labute approximate surface area is 116 Å². The number of nitrogens with one attached hydrogen (secondary N) is 1. The Morgan fingerprint density at radius 1 is 1.59 bits per heavy atom. The van der Waals surface area contributed by atoms with Crippen molar-refractivity contribution in [1.29, 1.82) is 0 Å². The van der Waals surface area contributed by atoms with Crippen molar-refractivity contribution in [1.82, 2.24) is 5.32 Å². The van der Waals surface area contributed by atoms with Crippen LogP contribution >= 0.6 is 22.6 Å². The molecule has 0 spiro atoms. The van der Waals surface area contributed by atoms with Gasteiger partial charge in [0, 0.05) is 34.4 Å². The van der Waals surface area contributed by atoms with Gasteiger partial charge in [0.2, 0.25) is 0 Å². The summed E-state index contributed by atoms with van der Waals surface area (Å²) in [5, 5.41) is 12.2. The molecule has 0 bridgehead atoms. The number of phenols is 1. The van der Waals surface area contributed by atoms with Gasteiger partial charge >= 0.3 is 0 Å². The van der Waals surface area contributed by atoms with E-state index in [9.17, 15) is 14.1 Å². The van der Waals surface area contributed by atoms with Crippen molar-refractivity contribution in [2.75, 3.05) is 12.0 Å². The first-order valence-corrected chi connectivity index (χ1v) is 7.80. The van der Waals surface area contributed by atoms with Crippen LogP contribution in [0.15, 0.2) is 18.2 Å². The van der Waals surface area contributed by atoms with Crippen LogP contribution in [0, 0.1) is 3.57 Å². The zero-order valence-corrected chi connectivity index (χ0v) is 12.5. The number of amides is 1. The predicted octanol–water partition coefficient (Wildman–Crippen LogP) is 1.49. The average Bonchev–Trinajstić information content (AvgIpc) is 2.20. The van der Waals surface area contributed by atoms with Gasteiger partial charge in [-0.2, -0.15) is 0 Å². The van der Waals surface area contributed by atoms with Crippen LogP contribution in [0.2, 0.25) is 0 Å². The highest BCUT2D eigenvalue weighted by atomic mass is 127. The van der Waals surface area contributed by atoms with Gasteiger partial charge in [0.1, 0.15) is 5.75 Å². The third kappa shape index (κ3) is 4.63. The first-order chi connectivity index (χ1) is 7.90. The van der Waals surface area contributed by atoms with Crippen LogP contribution in [-0.2, 0) is 10.8 Å². The van der Waals surface area contributed by atoms with E-state index in [0.29, 0.717) is 14.9 Å². The van der Waals surface area contributed by atoms with Gasteiger partial charge in [0.05, 0.1) is 3.57 Å². The summed E-state index contributed by atoms with van der Waals surface area (Å²) in [5.74, 6) is 0.238. The lowest BCUT2D eigenvalue weighted by atomic mass is 10.2. The molecule has 0 aliphatic heterocycles. The van der Waals surface area contributed by atoms with Crippen LogP contribution in [0.5, 0.6) is 5.75 Å². The van der Waals surface area contributed by atoms with Crippen LogP contribution in [0.4, 0.5) is 0 Å². The van der Waals surface area contributed by atoms with E-state index in [1.807, 2.05) is 22.6 Å². The predicted molar refractivity (Wildman–Crippen MR) is 76.7 cm³/mol. The maximum atomic E-state index is 11.8. The van der Waals surface area contributed by atoms with Crippen LogP contribution in [0.3, 0.4) is 0 Å². The van der Waals surface area contributed by atoms with E-state index >= 15 is 0 Å². The van der Waals surface area contributed by atoms with E-state index in [1.165, 1.54) is 6.07 Å². The number of rotatable bonds is 4. The number of aromatic hydroxyl groups is 1. The zero-order chi connectivity index (χ0) is 13.0. The molecule has 1 rings (SSSR count). The Balaban J connectivity index is 2.70. The molecule has 94 valence electrons. The molecular weight excluding hydrogens is 353 g/mol. The first-order valence-electron chi connectivity index (χ1n) is 4.99. The quantitative estimate of drug-likeness (QED) is 0.793. The highest BCUT2D eigenvalue weighted by Gasteiger charge is 2.12. The van der Waals surface area contributed by atoms with E-state index in [-0.39, 0.29) is 17.7 Å². The topological polar surface area (TPSA) is 66.4 Å². The van der Waals surface area contributed by atoms with Gasteiger partial charge in [-0.25, -0.2) is 0 Å². The lowest BCUT2D eigenvalue weighted by Gasteiger charge is -2.12. The van der Waals surface area contributed by atoms with E-state index in [1.54, 1.807) is 25.3 Å². The fourth-order valence-corrected chi connectivity index (χ4v) is 2.48. The molecule has 2 atom stereocenters. The standard InChI is InChI=1S/C11H14INO3S/c1-7(6-17(2)16)13-11(15)8-3-4-9(12)10(14)5-8/h3-5,7,14H,6H2,1-2H3,(H,13,15).